The summed E-state index contributed by atoms with van der Waals surface area (Å²) >= 11 is 0. The molecule has 4 aliphatic carbocycles. The number of amides is 1. The van der Waals surface area contributed by atoms with Crippen LogP contribution in [0.4, 0.5) is 4.79 Å². The predicted octanol–water partition coefficient (Wildman–Crippen LogP) is 3.29. The molecule has 0 saturated heterocycles. The summed E-state index contributed by atoms with van der Waals surface area (Å²) in [7, 11) is 0. The molecule has 120 valence electrons. The van der Waals surface area contributed by atoms with Gasteiger partial charge in [-0.1, -0.05) is 0 Å². The number of rotatable bonds is 3. The molecule has 2 N–H and O–H groups in total. The van der Waals surface area contributed by atoms with Gasteiger partial charge in [0.2, 0.25) is 0 Å². The van der Waals surface area contributed by atoms with Gasteiger partial charge in [0.05, 0.1) is 0 Å². The predicted molar refractivity (Wildman–Crippen MR) is 82.9 cm³/mol. The quantitative estimate of drug-likeness (QED) is 0.869. The SMILES string of the molecule is CC(C)N(C(=O)OC12C[C@@H]3C[C@@H](CC(N)(C3)C1)C2)C(C)C. The van der Waals surface area contributed by atoms with Crippen molar-refractivity contribution in [3.05, 3.63) is 0 Å². The lowest BCUT2D eigenvalue weighted by Gasteiger charge is -2.60. The summed E-state index contributed by atoms with van der Waals surface area (Å²) in [5.41, 5.74) is 6.21. The van der Waals surface area contributed by atoms with Gasteiger partial charge in [-0.05, 0) is 71.6 Å². The number of carbonyl (C=O) groups excluding carboxylic acids is 1. The van der Waals surface area contributed by atoms with E-state index in [0.29, 0.717) is 11.8 Å². The summed E-state index contributed by atoms with van der Waals surface area (Å²) in [5.74, 6) is 1.33. The van der Waals surface area contributed by atoms with Crippen LogP contribution in [0.3, 0.4) is 0 Å². The van der Waals surface area contributed by atoms with E-state index >= 15 is 0 Å². The second-order valence-electron chi connectivity index (χ2n) is 8.47. The van der Waals surface area contributed by atoms with Gasteiger partial charge in [-0.15, -0.1) is 0 Å². The van der Waals surface area contributed by atoms with Gasteiger partial charge in [-0.25, -0.2) is 4.79 Å². The lowest BCUT2D eigenvalue weighted by molar-refractivity contribution is -0.143. The Bertz CT molecular complexity index is 411. The average molecular weight is 294 g/mol. The molecule has 0 spiro atoms. The molecule has 0 aliphatic heterocycles. The normalized spacial score (nSPS) is 40.9. The Morgan fingerprint density at radius 3 is 2.05 bits per heavy atom. The Labute approximate surface area is 128 Å². The largest absolute Gasteiger partial charge is 0.443 e. The van der Waals surface area contributed by atoms with E-state index in [0.717, 1.165) is 32.1 Å². The number of carbonyl (C=O) groups is 1. The highest BCUT2D eigenvalue weighted by molar-refractivity contribution is 5.69. The van der Waals surface area contributed by atoms with E-state index in [1.807, 2.05) is 32.6 Å². The molecule has 4 aliphatic rings. The van der Waals surface area contributed by atoms with Gasteiger partial charge in [-0.3, -0.25) is 0 Å². The third kappa shape index (κ3) is 2.67. The zero-order valence-electron chi connectivity index (χ0n) is 13.9. The number of nitrogens with two attached hydrogens (primary N) is 1. The van der Waals surface area contributed by atoms with Crippen LogP contribution in [0.15, 0.2) is 0 Å². The summed E-state index contributed by atoms with van der Waals surface area (Å²) in [6, 6.07) is 0.330. The summed E-state index contributed by atoms with van der Waals surface area (Å²) < 4.78 is 6.11. The van der Waals surface area contributed by atoms with Crippen molar-refractivity contribution in [1.29, 1.82) is 0 Å². The standard InChI is InChI=1S/C17H30N2O2/c1-11(2)19(12(3)4)15(20)21-17-8-13-5-14(9-17)7-16(18,6-13)10-17/h11-14H,5-10,18H2,1-4H3/t13-,14+,16?,17?. The first-order valence-electron chi connectivity index (χ1n) is 8.52. The maximum atomic E-state index is 12.7. The summed E-state index contributed by atoms with van der Waals surface area (Å²) in [4.78, 5) is 14.5. The van der Waals surface area contributed by atoms with Crippen molar-refractivity contribution in [2.45, 2.75) is 89.4 Å². The van der Waals surface area contributed by atoms with Crippen molar-refractivity contribution in [2.75, 3.05) is 0 Å². The van der Waals surface area contributed by atoms with Crippen LogP contribution in [-0.2, 0) is 4.74 Å². The molecular weight excluding hydrogens is 264 g/mol. The smallest absolute Gasteiger partial charge is 0.410 e. The number of hydrogen-bond acceptors (Lipinski definition) is 3. The first-order valence-corrected chi connectivity index (χ1v) is 8.52. The van der Waals surface area contributed by atoms with E-state index in [9.17, 15) is 4.79 Å². The van der Waals surface area contributed by atoms with E-state index in [4.69, 9.17) is 10.5 Å². The summed E-state index contributed by atoms with van der Waals surface area (Å²) in [6.07, 6.45) is 6.31. The first kappa shape index (κ1) is 15.1. The van der Waals surface area contributed by atoms with E-state index in [1.165, 1.54) is 6.42 Å². The second-order valence-corrected chi connectivity index (χ2v) is 8.47. The molecule has 0 radical (unpaired) electrons. The van der Waals surface area contributed by atoms with Crippen LogP contribution >= 0.6 is 0 Å². The fourth-order valence-corrected chi connectivity index (χ4v) is 5.62. The summed E-state index contributed by atoms with van der Waals surface area (Å²) in [5, 5.41) is 0. The van der Waals surface area contributed by atoms with Crippen molar-refractivity contribution < 1.29 is 9.53 Å². The molecule has 21 heavy (non-hydrogen) atoms. The van der Waals surface area contributed by atoms with E-state index < -0.39 is 0 Å². The van der Waals surface area contributed by atoms with Crippen LogP contribution in [-0.4, -0.2) is 34.2 Å². The highest BCUT2D eigenvalue weighted by Crippen LogP contribution is 2.58. The fourth-order valence-electron chi connectivity index (χ4n) is 5.62. The molecule has 4 bridgehead atoms. The molecule has 4 heteroatoms. The van der Waals surface area contributed by atoms with Crippen LogP contribution in [0, 0.1) is 11.8 Å². The Balaban J connectivity index is 1.76. The molecular formula is C17H30N2O2. The van der Waals surface area contributed by atoms with Gasteiger partial charge in [0.25, 0.3) is 0 Å². The van der Waals surface area contributed by atoms with Gasteiger partial charge in [0.15, 0.2) is 0 Å². The molecule has 4 nitrogen and oxygen atoms in total. The molecule has 2 unspecified atom stereocenters. The van der Waals surface area contributed by atoms with Gasteiger partial charge in [0, 0.05) is 24.0 Å². The fraction of sp³-hybridized carbons (Fsp3) is 0.941. The lowest BCUT2D eigenvalue weighted by atomic mass is 9.51. The van der Waals surface area contributed by atoms with Crippen LogP contribution in [0.1, 0.15) is 66.2 Å². The van der Waals surface area contributed by atoms with E-state index in [2.05, 4.69) is 0 Å². The topological polar surface area (TPSA) is 55.6 Å². The molecule has 0 aromatic heterocycles. The van der Waals surface area contributed by atoms with Gasteiger partial charge in [-0.2, -0.15) is 0 Å². The highest BCUT2D eigenvalue weighted by Gasteiger charge is 2.58. The molecule has 4 rings (SSSR count). The van der Waals surface area contributed by atoms with Crippen molar-refractivity contribution in [1.82, 2.24) is 4.90 Å². The third-order valence-corrected chi connectivity index (χ3v) is 5.68. The lowest BCUT2D eigenvalue weighted by Crippen LogP contribution is -2.64. The van der Waals surface area contributed by atoms with Crippen molar-refractivity contribution >= 4 is 6.09 Å². The second kappa shape index (κ2) is 4.87. The zero-order valence-corrected chi connectivity index (χ0v) is 13.9. The van der Waals surface area contributed by atoms with Crippen molar-refractivity contribution in [3.63, 3.8) is 0 Å². The van der Waals surface area contributed by atoms with Crippen LogP contribution in [0.25, 0.3) is 0 Å². The van der Waals surface area contributed by atoms with Gasteiger partial charge >= 0.3 is 6.09 Å². The highest BCUT2D eigenvalue weighted by atomic mass is 16.6. The van der Waals surface area contributed by atoms with Crippen LogP contribution < -0.4 is 5.73 Å². The Kier molecular flexibility index (Phi) is 3.51. The maximum absolute atomic E-state index is 12.7. The zero-order chi connectivity index (χ0) is 15.4. The molecule has 0 aromatic carbocycles. The molecule has 4 atom stereocenters. The minimum absolute atomic E-state index is 0.0785. The minimum atomic E-state index is -0.280. The molecule has 0 aromatic rings. The Morgan fingerprint density at radius 2 is 1.62 bits per heavy atom. The average Bonchev–Trinajstić information content (AvgIpc) is 2.21. The Morgan fingerprint density at radius 1 is 1.10 bits per heavy atom. The Hall–Kier alpha value is -0.770. The van der Waals surface area contributed by atoms with Crippen molar-refractivity contribution in [3.8, 4) is 0 Å². The van der Waals surface area contributed by atoms with Crippen LogP contribution in [0.2, 0.25) is 0 Å². The van der Waals surface area contributed by atoms with Gasteiger partial charge in [0.1, 0.15) is 5.60 Å². The minimum Gasteiger partial charge on any atom is -0.443 e. The van der Waals surface area contributed by atoms with Gasteiger partial charge < -0.3 is 15.4 Å². The number of hydrogen-bond donors (Lipinski definition) is 1. The molecule has 0 heterocycles. The maximum Gasteiger partial charge on any atom is 0.410 e. The van der Waals surface area contributed by atoms with E-state index in [-0.39, 0.29) is 29.3 Å². The first-order chi connectivity index (χ1) is 9.72. The van der Waals surface area contributed by atoms with Crippen LogP contribution in [0.5, 0.6) is 0 Å². The van der Waals surface area contributed by atoms with E-state index in [1.54, 1.807) is 0 Å². The third-order valence-electron chi connectivity index (χ3n) is 5.68. The monoisotopic (exact) mass is 294 g/mol. The number of ether oxygens (including phenoxy) is 1. The molecule has 1 amide bonds. The van der Waals surface area contributed by atoms with Crippen molar-refractivity contribution in [2.24, 2.45) is 17.6 Å². The molecule has 4 saturated carbocycles. The number of nitrogens with zero attached hydrogens (tertiary/aromatic N) is 1. The molecule has 4 fully saturated rings. The summed E-state index contributed by atoms with van der Waals surface area (Å²) in [6.45, 7) is 8.19.